The first-order valence-corrected chi connectivity index (χ1v) is 27.5. The summed E-state index contributed by atoms with van der Waals surface area (Å²) in [5.41, 5.74) is 25.8. The maximum absolute atomic E-state index is 2.59. The van der Waals surface area contributed by atoms with Crippen LogP contribution in [0.2, 0.25) is 0 Å². The molecule has 0 saturated heterocycles. The van der Waals surface area contributed by atoms with E-state index in [0.717, 1.165) is 24.2 Å². The van der Waals surface area contributed by atoms with Gasteiger partial charge in [-0.25, -0.2) is 0 Å². The molecule has 16 rings (SSSR count). The maximum atomic E-state index is 2.59. The maximum Gasteiger partial charge on any atom is 0.0725 e. The van der Waals surface area contributed by atoms with Crippen LogP contribution < -0.4 is 4.90 Å². The van der Waals surface area contributed by atoms with Gasteiger partial charge in [-0.3, -0.25) is 0 Å². The Bertz CT molecular complexity index is 4340. The second-order valence-corrected chi connectivity index (χ2v) is 21.9. The largest absolute Gasteiger partial charge is 0.310 e. The summed E-state index contributed by atoms with van der Waals surface area (Å²) in [4.78, 5) is 2.59. The second-order valence-electron chi connectivity index (χ2n) is 20.8. The zero-order valence-electron chi connectivity index (χ0n) is 41.8. The molecule has 12 aromatic rings. The van der Waals surface area contributed by atoms with E-state index in [1.54, 1.807) is 0 Å². The highest BCUT2D eigenvalue weighted by Crippen LogP contribution is 2.66. The van der Waals surface area contributed by atoms with Crippen LogP contribution in [0.4, 0.5) is 17.1 Å². The van der Waals surface area contributed by atoms with Crippen molar-refractivity contribution in [2.45, 2.75) is 23.7 Å². The van der Waals surface area contributed by atoms with Crippen LogP contribution in [0.5, 0.6) is 0 Å². The molecule has 4 aliphatic rings. The molecule has 76 heavy (non-hydrogen) atoms. The van der Waals surface area contributed by atoms with Crippen molar-refractivity contribution >= 4 is 54.1 Å². The van der Waals surface area contributed by atoms with E-state index < -0.39 is 10.8 Å². The standard InChI is InChI=1S/C74H49NS/c1-3-22-48(23-4-1)52-26-7-14-33-61(52)73(62-34-15-8-27-53(62)49-24-5-2-6-25-49)65-37-18-11-30-56(65)60-46-50(43-45-67(60)73)75(51-42-44-58-57-31-13-20-41-70(57)76-71(58)47-51)69-40-21-39-68-72(69)59-32-12-19-38-66(59)74(68)63-35-16-9-28-54(63)55-29-10-17-36-64(55)74/h1-9,11-28,30-47H,10,29H2. The molecule has 0 saturated carbocycles. The van der Waals surface area contributed by atoms with Crippen LogP contribution in [-0.4, -0.2) is 0 Å². The molecule has 1 atom stereocenters. The van der Waals surface area contributed by atoms with E-state index in [1.807, 2.05) is 11.3 Å². The summed E-state index contributed by atoms with van der Waals surface area (Å²) < 4.78 is 2.58. The van der Waals surface area contributed by atoms with Gasteiger partial charge in [0.1, 0.15) is 0 Å². The number of fused-ring (bicyclic) bond motifs is 15. The van der Waals surface area contributed by atoms with E-state index in [2.05, 4.69) is 278 Å². The van der Waals surface area contributed by atoms with Gasteiger partial charge in [-0.15, -0.1) is 11.3 Å². The number of anilines is 3. The SMILES string of the molecule is C1=CC2=C(CC1)c1ccccc1C21c2ccccc2-c2c(N(c3ccc4c(c3)-c3ccccc3C4(c3ccccc3-c3ccccc3)c3ccccc3-c3ccccc3)c3ccc4c(c3)sc3ccccc34)cccc21. The Kier molecular flexibility index (Phi) is 9.53. The number of thiophene rings is 1. The minimum Gasteiger partial charge on any atom is -0.310 e. The molecular weight excluding hydrogens is 935 g/mol. The topological polar surface area (TPSA) is 3.24 Å². The fraction of sp³-hybridized carbons (Fsp3) is 0.0541. The van der Waals surface area contributed by atoms with Gasteiger partial charge in [0.2, 0.25) is 0 Å². The molecule has 11 aromatic carbocycles. The third-order valence-corrected chi connectivity index (χ3v) is 18.4. The van der Waals surface area contributed by atoms with Crippen LogP contribution in [0.3, 0.4) is 0 Å². The van der Waals surface area contributed by atoms with E-state index in [1.165, 1.54) is 126 Å². The van der Waals surface area contributed by atoms with Gasteiger partial charge in [0, 0.05) is 37.1 Å². The molecule has 1 spiro atoms. The van der Waals surface area contributed by atoms with E-state index in [-0.39, 0.29) is 0 Å². The van der Waals surface area contributed by atoms with Crippen LogP contribution in [0, 0.1) is 0 Å². The third-order valence-electron chi connectivity index (χ3n) is 17.3. The fourth-order valence-corrected chi connectivity index (χ4v) is 15.5. The summed E-state index contributed by atoms with van der Waals surface area (Å²) in [5.74, 6) is 0. The summed E-state index contributed by atoms with van der Waals surface area (Å²) in [5, 5.41) is 2.60. The molecule has 356 valence electrons. The van der Waals surface area contributed by atoms with Crippen LogP contribution in [-0.2, 0) is 10.8 Å². The van der Waals surface area contributed by atoms with Crippen molar-refractivity contribution in [3.8, 4) is 44.5 Å². The Morgan fingerprint density at radius 3 is 1.54 bits per heavy atom. The molecule has 1 unspecified atom stereocenters. The van der Waals surface area contributed by atoms with Crippen molar-refractivity contribution in [2.24, 2.45) is 0 Å². The average Bonchev–Trinajstić information content (AvgIpc) is 4.40. The zero-order valence-corrected chi connectivity index (χ0v) is 42.6. The Morgan fingerprint density at radius 1 is 0.342 bits per heavy atom. The van der Waals surface area contributed by atoms with Crippen LogP contribution in [0.1, 0.15) is 57.3 Å². The summed E-state index contributed by atoms with van der Waals surface area (Å²) in [6.07, 6.45) is 6.97. The molecular formula is C74H49NS. The zero-order chi connectivity index (χ0) is 50.0. The molecule has 0 amide bonds. The Hall–Kier alpha value is -9.08. The number of nitrogens with zero attached hydrogens (tertiary/aromatic N) is 1. The van der Waals surface area contributed by atoms with Crippen molar-refractivity contribution in [1.82, 2.24) is 0 Å². The highest BCUT2D eigenvalue weighted by Gasteiger charge is 2.54. The van der Waals surface area contributed by atoms with Crippen molar-refractivity contribution in [2.75, 3.05) is 4.90 Å². The van der Waals surface area contributed by atoms with E-state index in [9.17, 15) is 0 Å². The van der Waals surface area contributed by atoms with Gasteiger partial charge in [0.25, 0.3) is 0 Å². The summed E-state index contributed by atoms with van der Waals surface area (Å²) in [6.45, 7) is 0. The molecule has 0 fully saturated rings. The van der Waals surface area contributed by atoms with Crippen LogP contribution in [0.25, 0.3) is 70.3 Å². The Balaban J connectivity index is 0.993. The quantitative estimate of drug-likeness (QED) is 0.154. The molecule has 4 aliphatic carbocycles. The Morgan fingerprint density at radius 2 is 0.842 bits per heavy atom. The first-order valence-electron chi connectivity index (χ1n) is 26.7. The van der Waals surface area contributed by atoms with Crippen molar-refractivity contribution < 1.29 is 0 Å². The van der Waals surface area contributed by atoms with E-state index in [0.29, 0.717) is 0 Å². The number of hydrogen-bond acceptors (Lipinski definition) is 2. The first kappa shape index (κ1) is 43.3. The lowest BCUT2D eigenvalue weighted by Crippen LogP contribution is -2.30. The molecule has 1 heterocycles. The van der Waals surface area contributed by atoms with E-state index >= 15 is 0 Å². The number of hydrogen-bond donors (Lipinski definition) is 0. The van der Waals surface area contributed by atoms with Crippen LogP contribution in [0.15, 0.2) is 279 Å². The summed E-state index contributed by atoms with van der Waals surface area (Å²) >= 11 is 1.88. The van der Waals surface area contributed by atoms with Crippen molar-refractivity contribution in [3.63, 3.8) is 0 Å². The molecule has 0 aliphatic heterocycles. The van der Waals surface area contributed by atoms with Gasteiger partial charge in [0.05, 0.1) is 16.5 Å². The van der Waals surface area contributed by atoms with Gasteiger partial charge in [-0.1, -0.05) is 237 Å². The number of benzene rings is 11. The highest BCUT2D eigenvalue weighted by atomic mass is 32.1. The van der Waals surface area contributed by atoms with Gasteiger partial charge < -0.3 is 4.90 Å². The molecule has 0 N–H and O–H groups in total. The minimum absolute atomic E-state index is 0.430. The highest BCUT2D eigenvalue weighted by molar-refractivity contribution is 7.25. The van der Waals surface area contributed by atoms with Gasteiger partial charge in [-0.2, -0.15) is 0 Å². The fourth-order valence-electron chi connectivity index (χ4n) is 14.4. The van der Waals surface area contributed by atoms with Gasteiger partial charge in [0.15, 0.2) is 0 Å². The summed E-state index contributed by atoms with van der Waals surface area (Å²) in [7, 11) is 0. The molecule has 0 bridgehead atoms. The second kappa shape index (κ2) is 16.7. The number of rotatable bonds is 7. The molecule has 2 heteroatoms. The van der Waals surface area contributed by atoms with E-state index in [4.69, 9.17) is 0 Å². The lowest BCUT2D eigenvalue weighted by atomic mass is 9.64. The minimum atomic E-state index is -0.682. The first-order chi connectivity index (χ1) is 37.7. The normalized spacial score (nSPS) is 16.1. The van der Waals surface area contributed by atoms with Gasteiger partial charge >= 0.3 is 0 Å². The van der Waals surface area contributed by atoms with Crippen LogP contribution >= 0.6 is 11.3 Å². The van der Waals surface area contributed by atoms with Gasteiger partial charge in [-0.05, 0) is 144 Å². The van der Waals surface area contributed by atoms with Crippen molar-refractivity contribution in [3.05, 3.63) is 323 Å². The lowest BCUT2D eigenvalue weighted by Gasteiger charge is -2.37. The molecule has 1 nitrogen and oxygen atoms in total. The average molecular weight is 984 g/mol. The lowest BCUT2D eigenvalue weighted by molar-refractivity contribution is 0.772. The number of allylic oxidation sites excluding steroid dienone is 4. The van der Waals surface area contributed by atoms with Crippen molar-refractivity contribution in [1.29, 1.82) is 0 Å². The monoisotopic (exact) mass is 983 g/mol. The Labute approximate surface area is 447 Å². The molecule has 1 aromatic heterocycles. The summed E-state index contributed by atoms with van der Waals surface area (Å²) in [6, 6.07) is 98.6. The predicted octanol–water partition coefficient (Wildman–Crippen LogP) is 19.7. The molecule has 0 radical (unpaired) electrons. The smallest absolute Gasteiger partial charge is 0.0725 e. The predicted molar refractivity (Wildman–Crippen MR) is 319 cm³/mol. The third kappa shape index (κ3) is 5.91.